The van der Waals surface area contributed by atoms with Gasteiger partial charge in [0.2, 0.25) is 0 Å². The summed E-state index contributed by atoms with van der Waals surface area (Å²) in [6.45, 7) is 1.87. The highest BCUT2D eigenvalue weighted by molar-refractivity contribution is 7.91. The molecule has 0 heterocycles. The standard InChI is InChI=1S/C19H20O5S/c1-14-7-9-18(10-8-14)25(21,22)13-16(19(20)24-3)11-15-5-4-6-17(12-15)23-2/h4-12H,13H2,1-3H3/b16-11-. The predicted octanol–water partition coefficient (Wildman–Crippen LogP) is 3.03. The molecule has 0 N–H and O–H groups in total. The van der Waals surface area contributed by atoms with Gasteiger partial charge in [0.25, 0.3) is 0 Å². The summed E-state index contributed by atoms with van der Waals surface area (Å²) >= 11 is 0. The van der Waals surface area contributed by atoms with E-state index < -0.39 is 21.6 Å². The van der Waals surface area contributed by atoms with Crippen LogP contribution in [-0.2, 0) is 19.4 Å². The predicted molar refractivity (Wildman–Crippen MR) is 96.2 cm³/mol. The van der Waals surface area contributed by atoms with Crippen LogP contribution < -0.4 is 4.74 Å². The van der Waals surface area contributed by atoms with E-state index in [4.69, 9.17) is 9.47 Å². The Morgan fingerprint density at radius 3 is 2.36 bits per heavy atom. The maximum atomic E-state index is 12.6. The van der Waals surface area contributed by atoms with E-state index in [9.17, 15) is 13.2 Å². The number of benzene rings is 2. The van der Waals surface area contributed by atoms with Gasteiger partial charge in [-0.2, -0.15) is 0 Å². The molecular weight excluding hydrogens is 340 g/mol. The van der Waals surface area contributed by atoms with E-state index in [2.05, 4.69) is 0 Å². The van der Waals surface area contributed by atoms with Gasteiger partial charge >= 0.3 is 5.97 Å². The zero-order valence-electron chi connectivity index (χ0n) is 14.4. The van der Waals surface area contributed by atoms with Crippen molar-refractivity contribution in [1.82, 2.24) is 0 Å². The Bertz CT molecular complexity index is 880. The topological polar surface area (TPSA) is 69.7 Å². The summed E-state index contributed by atoms with van der Waals surface area (Å²) in [4.78, 5) is 12.2. The lowest BCUT2D eigenvalue weighted by Gasteiger charge is -2.08. The van der Waals surface area contributed by atoms with E-state index in [1.54, 1.807) is 36.4 Å². The molecule has 25 heavy (non-hydrogen) atoms. The first kappa shape index (κ1) is 18.7. The van der Waals surface area contributed by atoms with E-state index in [0.717, 1.165) is 5.56 Å². The lowest BCUT2D eigenvalue weighted by atomic mass is 10.1. The van der Waals surface area contributed by atoms with E-state index in [0.29, 0.717) is 11.3 Å². The highest BCUT2D eigenvalue weighted by Crippen LogP contribution is 2.20. The number of carbonyl (C=O) groups excluding carboxylic acids is 1. The number of hydrogen-bond acceptors (Lipinski definition) is 5. The molecule has 0 saturated carbocycles. The van der Waals surface area contributed by atoms with Crippen LogP contribution in [0.3, 0.4) is 0 Å². The highest BCUT2D eigenvalue weighted by atomic mass is 32.2. The fraction of sp³-hybridized carbons (Fsp3) is 0.211. The summed E-state index contributed by atoms with van der Waals surface area (Å²) in [5.41, 5.74) is 1.66. The highest BCUT2D eigenvalue weighted by Gasteiger charge is 2.21. The smallest absolute Gasteiger partial charge is 0.334 e. The molecular formula is C19H20O5S. The van der Waals surface area contributed by atoms with Gasteiger partial charge in [-0.25, -0.2) is 13.2 Å². The number of sulfone groups is 1. The number of aryl methyl sites for hydroxylation is 1. The molecule has 0 spiro atoms. The summed E-state index contributed by atoms with van der Waals surface area (Å²) in [7, 11) is -0.911. The van der Waals surface area contributed by atoms with Crippen LogP contribution in [0.1, 0.15) is 11.1 Å². The van der Waals surface area contributed by atoms with E-state index in [-0.39, 0.29) is 10.5 Å². The first-order chi connectivity index (χ1) is 11.9. The first-order valence-electron chi connectivity index (χ1n) is 7.58. The second-order valence-corrected chi connectivity index (χ2v) is 7.50. The van der Waals surface area contributed by atoms with Crippen LogP contribution in [0.4, 0.5) is 0 Å². The Morgan fingerprint density at radius 1 is 1.08 bits per heavy atom. The monoisotopic (exact) mass is 360 g/mol. The van der Waals surface area contributed by atoms with Crippen LogP contribution in [0.2, 0.25) is 0 Å². The molecule has 0 saturated heterocycles. The van der Waals surface area contributed by atoms with Crippen molar-refractivity contribution in [3.8, 4) is 5.75 Å². The molecule has 5 nitrogen and oxygen atoms in total. The van der Waals surface area contributed by atoms with Crippen molar-refractivity contribution in [1.29, 1.82) is 0 Å². The van der Waals surface area contributed by atoms with Gasteiger partial charge < -0.3 is 9.47 Å². The fourth-order valence-electron chi connectivity index (χ4n) is 2.26. The van der Waals surface area contributed by atoms with Gasteiger partial charge in [-0.15, -0.1) is 0 Å². The number of esters is 1. The third-order valence-corrected chi connectivity index (χ3v) is 5.29. The minimum Gasteiger partial charge on any atom is -0.497 e. The van der Waals surface area contributed by atoms with Gasteiger partial charge in [0.1, 0.15) is 5.75 Å². The molecule has 0 unspecified atom stereocenters. The first-order valence-corrected chi connectivity index (χ1v) is 9.23. The average molecular weight is 360 g/mol. The second-order valence-electron chi connectivity index (χ2n) is 5.51. The molecule has 0 radical (unpaired) electrons. The van der Waals surface area contributed by atoms with Crippen molar-refractivity contribution in [2.75, 3.05) is 20.0 Å². The van der Waals surface area contributed by atoms with E-state index >= 15 is 0 Å². The second kappa shape index (κ2) is 7.98. The number of methoxy groups -OCH3 is 2. The number of hydrogen-bond donors (Lipinski definition) is 0. The van der Waals surface area contributed by atoms with Crippen molar-refractivity contribution in [2.24, 2.45) is 0 Å². The minimum absolute atomic E-state index is 0.0522. The molecule has 0 aliphatic heterocycles. The fourth-order valence-corrected chi connectivity index (χ4v) is 3.58. The number of rotatable bonds is 6. The minimum atomic E-state index is -3.67. The van der Waals surface area contributed by atoms with Gasteiger partial charge in [-0.1, -0.05) is 29.8 Å². The summed E-state index contributed by atoms with van der Waals surface area (Å²) in [6, 6.07) is 13.5. The third kappa shape index (κ3) is 4.93. The van der Waals surface area contributed by atoms with Crippen LogP contribution in [0.15, 0.2) is 59.0 Å². The van der Waals surface area contributed by atoms with Crippen molar-refractivity contribution in [3.05, 3.63) is 65.2 Å². The van der Waals surface area contributed by atoms with Crippen LogP contribution >= 0.6 is 0 Å². The normalized spacial score (nSPS) is 11.9. The summed E-state index contributed by atoms with van der Waals surface area (Å²) in [5.74, 6) is -0.516. The Hall–Kier alpha value is -2.60. The molecule has 0 amide bonds. The zero-order chi connectivity index (χ0) is 18.4. The molecule has 2 rings (SSSR count). The number of ether oxygens (including phenoxy) is 2. The average Bonchev–Trinajstić information content (AvgIpc) is 2.60. The molecule has 0 fully saturated rings. The number of carbonyl (C=O) groups is 1. The van der Waals surface area contributed by atoms with Crippen molar-refractivity contribution < 1.29 is 22.7 Å². The lowest BCUT2D eigenvalue weighted by Crippen LogP contribution is -2.16. The SMILES string of the molecule is COC(=O)/C(=C\c1cccc(OC)c1)CS(=O)(=O)c1ccc(C)cc1. The van der Waals surface area contributed by atoms with Crippen molar-refractivity contribution >= 4 is 21.9 Å². The molecule has 0 bridgehead atoms. The zero-order valence-corrected chi connectivity index (χ0v) is 15.2. The molecule has 0 aromatic heterocycles. The van der Waals surface area contributed by atoms with Gasteiger partial charge in [0.15, 0.2) is 9.84 Å². The quantitative estimate of drug-likeness (QED) is 0.585. The van der Waals surface area contributed by atoms with Gasteiger partial charge in [-0.3, -0.25) is 0 Å². The van der Waals surface area contributed by atoms with Gasteiger partial charge in [0, 0.05) is 0 Å². The molecule has 2 aromatic carbocycles. The van der Waals surface area contributed by atoms with E-state index in [1.165, 1.54) is 32.4 Å². The molecule has 2 aromatic rings. The molecule has 6 heteroatoms. The molecule has 0 atom stereocenters. The van der Waals surface area contributed by atoms with Crippen LogP contribution in [-0.4, -0.2) is 34.4 Å². The van der Waals surface area contributed by atoms with Crippen LogP contribution in [0.5, 0.6) is 5.75 Å². The van der Waals surface area contributed by atoms with Crippen molar-refractivity contribution in [3.63, 3.8) is 0 Å². The van der Waals surface area contributed by atoms with Gasteiger partial charge in [0.05, 0.1) is 30.4 Å². The summed E-state index contributed by atoms with van der Waals surface area (Å²) in [5, 5.41) is 0. The van der Waals surface area contributed by atoms with Gasteiger partial charge in [-0.05, 0) is 42.8 Å². The van der Waals surface area contributed by atoms with Crippen LogP contribution in [0.25, 0.3) is 6.08 Å². The largest absolute Gasteiger partial charge is 0.497 e. The Morgan fingerprint density at radius 2 is 1.76 bits per heavy atom. The van der Waals surface area contributed by atoms with E-state index in [1.807, 2.05) is 6.92 Å². The molecule has 0 aliphatic rings. The maximum Gasteiger partial charge on any atom is 0.334 e. The third-order valence-electron chi connectivity index (χ3n) is 3.61. The summed E-state index contributed by atoms with van der Waals surface area (Å²) < 4.78 is 35.1. The maximum absolute atomic E-state index is 12.6. The summed E-state index contributed by atoms with van der Waals surface area (Å²) in [6.07, 6.45) is 1.50. The Balaban J connectivity index is 2.39. The van der Waals surface area contributed by atoms with Crippen LogP contribution in [0, 0.1) is 6.92 Å². The van der Waals surface area contributed by atoms with Crippen molar-refractivity contribution in [2.45, 2.75) is 11.8 Å². The lowest BCUT2D eigenvalue weighted by molar-refractivity contribution is -0.135. The molecule has 132 valence electrons. The Kier molecular flexibility index (Phi) is 5.98. The Labute approximate surface area is 147 Å². The molecule has 0 aliphatic carbocycles.